The zero-order chi connectivity index (χ0) is 11.8. The number of rotatable bonds is 0. The van der Waals surface area contributed by atoms with Gasteiger partial charge in [0.15, 0.2) is 0 Å². The fraction of sp³-hybridized carbons (Fsp3) is 0.462. The Balaban J connectivity index is 2.10. The van der Waals surface area contributed by atoms with Crippen molar-refractivity contribution in [1.82, 2.24) is 10.6 Å². The van der Waals surface area contributed by atoms with Gasteiger partial charge in [0.1, 0.15) is 6.17 Å². The zero-order valence-corrected chi connectivity index (χ0v) is 9.99. The van der Waals surface area contributed by atoms with Gasteiger partial charge < -0.3 is 15.5 Å². The number of hydrogen-bond acceptors (Lipinski definition) is 3. The van der Waals surface area contributed by atoms with Crippen LogP contribution in [0, 0.1) is 6.92 Å². The molecule has 0 saturated carbocycles. The first-order valence-electron chi connectivity index (χ1n) is 6.15. The van der Waals surface area contributed by atoms with E-state index in [1.165, 1.54) is 5.56 Å². The van der Waals surface area contributed by atoms with Crippen molar-refractivity contribution in [2.45, 2.75) is 19.5 Å². The summed E-state index contributed by atoms with van der Waals surface area (Å²) in [6.07, 6.45) is 1.10. The largest absolute Gasteiger partial charge is 0.349 e. The molecule has 0 bridgehead atoms. The monoisotopic (exact) mass is 231 g/mol. The SMILES string of the molecule is Cc1cccc2c1N1CCNCCC1NC2=O. The van der Waals surface area contributed by atoms with E-state index in [2.05, 4.69) is 28.5 Å². The first kappa shape index (κ1) is 10.6. The molecule has 2 heterocycles. The van der Waals surface area contributed by atoms with E-state index >= 15 is 0 Å². The van der Waals surface area contributed by atoms with Crippen LogP contribution in [0.5, 0.6) is 0 Å². The maximum absolute atomic E-state index is 12.0. The average molecular weight is 231 g/mol. The lowest BCUT2D eigenvalue weighted by molar-refractivity contribution is 0.0926. The van der Waals surface area contributed by atoms with Crippen molar-refractivity contribution in [1.29, 1.82) is 0 Å². The molecule has 0 radical (unpaired) electrons. The summed E-state index contributed by atoms with van der Waals surface area (Å²) >= 11 is 0. The highest BCUT2D eigenvalue weighted by atomic mass is 16.2. The summed E-state index contributed by atoms with van der Waals surface area (Å²) in [7, 11) is 0. The maximum Gasteiger partial charge on any atom is 0.254 e. The van der Waals surface area contributed by atoms with E-state index in [1.807, 2.05) is 12.1 Å². The molecule has 2 aliphatic heterocycles. The molecule has 17 heavy (non-hydrogen) atoms. The van der Waals surface area contributed by atoms with Gasteiger partial charge in [-0.25, -0.2) is 0 Å². The van der Waals surface area contributed by atoms with Crippen LogP contribution >= 0.6 is 0 Å². The lowest BCUT2D eigenvalue weighted by Crippen LogP contribution is -2.53. The second kappa shape index (κ2) is 4.04. The molecule has 0 spiro atoms. The quantitative estimate of drug-likeness (QED) is 0.696. The molecule has 1 atom stereocenters. The van der Waals surface area contributed by atoms with E-state index in [1.54, 1.807) is 0 Å². The van der Waals surface area contributed by atoms with Gasteiger partial charge in [0.2, 0.25) is 0 Å². The predicted octanol–water partition coefficient (Wildman–Crippen LogP) is 0.864. The Morgan fingerprint density at radius 2 is 2.24 bits per heavy atom. The minimum Gasteiger partial charge on any atom is -0.349 e. The van der Waals surface area contributed by atoms with Crippen LogP contribution in [0.3, 0.4) is 0 Å². The molecule has 1 fully saturated rings. The number of para-hydroxylation sites is 1. The molecule has 90 valence electrons. The van der Waals surface area contributed by atoms with E-state index in [0.717, 1.165) is 37.3 Å². The van der Waals surface area contributed by atoms with Crippen molar-refractivity contribution in [3.05, 3.63) is 29.3 Å². The Morgan fingerprint density at radius 3 is 3.12 bits per heavy atom. The van der Waals surface area contributed by atoms with Crippen LogP contribution in [0.2, 0.25) is 0 Å². The number of carbonyl (C=O) groups is 1. The maximum atomic E-state index is 12.0. The molecule has 2 aliphatic rings. The molecule has 0 aromatic heterocycles. The molecule has 1 aromatic carbocycles. The third-order valence-corrected chi connectivity index (χ3v) is 3.57. The molecule has 1 saturated heterocycles. The number of hydrogen-bond donors (Lipinski definition) is 2. The second-order valence-electron chi connectivity index (χ2n) is 4.69. The Labute approximate surface area is 101 Å². The third-order valence-electron chi connectivity index (χ3n) is 3.57. The number of aryl methyl sites for hydroxylation is 1. The molecule has 0 aliphatic carbocycles. The van der Waals surface area contributed by atoms with Gasteiger partial charge in [-0.3, -0.25) is 4.79 Å². The van der Waals surface area contributed by atoms with Crippen molar-refractivity contribution in [3.8, 4) is 0 Å². The Hall–Kier alpha value is -1.55. The minimum absolute atomic E-state index is 0.0619. The topological polar surface area (TPSA) is 44.4 Å². The molecular formula is C13H17N3O. The molecule has 2 N–H and O–H groups in total. The van der Waals surface area contributed by atoms with Gasteiger partial charge in [0.05, 0.1) is 11.3 Å². The Kier molecular flexibility index (Phi) is 2.52. The first-order valence-corrected chi connectivity index (χ1v) is 6.15. The summed E-state index contributed by atoms with van der Waals surface area (Å²) in [4.78, 5) is 14.4. The zero-order valence-electron chi connectivity index (χ0n) is 9.99. The van der Waals surface area contributed by atoms with E-state index in [4.69, 9.17) is 0 Å². The number of nitrogens with zero attached hydrogens (tertiary/aromatic N) is 1. The summed E-state index contributed by atoms with van der Waals surface area (Å²) in [6, 6.07) is 5.93. The van der Waals surface area contributed by atoms with Gasteiger partial charge >= 0.3 is 0 Å². The fourth-order valence-electron chi connectivity index (χ4n) is 2.75. The van der Waals surface area contributed by atoms with Crippen molar-refractivity contribution in [2.75, 3.05) is 24.5 Å². The molecule has 1 aromatic rings. The van der Waals surface area contributed by atoms with Crippen LogP contribution in [-0.4, -0.2) is 31.7 Å². The van der Waals surface area contributed by atoms with Crippen LogP contribution in [0.15, 0.2) is 18.2 Å². The summed E-state index contributed by atoms with van der Waals surface area (Å²) in [5.74, 6) is 0.0619. The van der Waals surface area contributed by atoms with Crippen molar-refractivity contribution in [2.24, 2.45) is 0 Å². The van der Waals surface area contributed by atoms with Crippen LogP contribution in [0.1, 0.15) is 22.3 Å². The van der Waals surface area contributed by atoms with Crippen molar-refractivity contribution >= 4 is 11.6 Å². The lowest BCUT2D eigenvalue weighted by Gasteiger charge is -2.38. The van der Waals surface area contributed by atoms with Gasteiger partial charge in [-0.1, -0.05) is 12.1 Å². The lowest BCUT2D eigenvalue weighted by atomic mass is 10.0. The van der Waals surface area contributed by atoms with Crippen molar-refractivity contribution < 1.29 is 4.79 Å². The summed E-state index contributed by atoms with van der Waals surface area (Å²) in [5.41, 5.74) is 3.11. The highest BCUT2D eigenvalue weighted by molar-refractivity contribution is 6.02. The number of benzene rings is 1. The predicted molar refractivity (Wildman–Crippen MR) is 67.3 cm³/mol. The third kappa shape index (κ3) is 1.69. The molecule has 1 unspecified atom stereocenters. The molecule has 4 heteroatoms. The minimum atomic E-state index is 0.0619. The molecule has 3 rings (SSSR count). The van der Waals surface area contributed by atoms with Gasteiger partial charge in [-0.2, -0.15) is 0 Å². The van der Waals surface area contributed by atoms with E-state index in [-0.39, 0.29) is 12.1 Å². The standard InChI is InChI=1S/C13H17N3O/c1-9-3-2-4-10-12(9)16-8-7-14-6-5-11(16)15-13(10)17/h2-4,11,14H,5-8H2,1H3,(H,15,17). The van der Waals surface area contributed by atoms with Crippen molar-refractivity contribution in [3.63, 3.8) is 0 Å². The van der Waals surface area contributed by atoms with Crippen LogP contribution < -0.4 is 15.5 Å². The number of nitrogens with one attached hydrogen (secondary N) is 2. The normalized spacial score (nSPS) is 23.5. The summed E-state index contributed by atoms with van der Waals surface area (Å²) in [6.45, 7) is 4.96. The van der Waals surface area contributed by atoms with Gasteiger partial charge in [-0.05, 0) is 31.5 Å². The number of carbonyl (C=O) groups excluding carboxylic acids is 1. The molecule has 1 amide bonds. The van der Waals surface area contributed by atoms with Crippen LogP contribution in [-0.2, 0) is 0 Å². The Bertz CT molecular complexity index is 458. The highest BCUT2D eigenvalue weighted by Crippen LogP contribution is 2.30. The van der Waals surface area contributed by atoms with Crippen LogP contribution in [0.25, 0.3) is 0 Å². The summed E-state index contributed by atoms with van der Waals surface area (Å²) in [5, 5.41) is 6.46. The van der Waals surface area contributed by atoms with Gasteiger partial charge in [0, 0.05) is 13.1 Å². The first-order chi connectivity index (χ1) is 8.27. The van der Waals surface area contributed by atoms with Gasteiger partial charge in [0.25, 0.3) is 5.91 Å². The van der Waals surface area contributed by atoms with E-state index < -0.39 is 0 Å². The smallest absolute Gasteiger partial charge is 0.254 e. The number of amides is 1. The van der Waals surface area contributed by atoms with Gasteiger partial charge in [-0.15, -0.1) is 0 Å². The number of fused-ring (bicyclic) bond motifs is 3. The Morgan fingerprint density at radius 1 is 1.35 bits per heavy atom. The average Bonchev–Trinajstić information content (AvgIpc) is 2.55. The van der Waals surface area contributed by atoms with E-state index in [0.29, 0.717) is 0 Å². The number of anilines is 1. The van der Waals surface area contributed by atoms with E-state index in [9.17, 15) is 4.79 Å². The highest BCUT2D eigenvalue weighted by Gasteiger charge is 2.32. The van der Waals surface area contributed by atoms with Crippen LogP contribution in [0.4, 0.5) is 5.69 Å². The molecule has 4 nitrogen and oxygen atoms in total. The molecular weight excluding hydrogens is 214 g/mol. The summed E-state index contributed by atoms with van der Waals surface area (Å²) < 4.78 is 0. The fourth-order valence-corrected chi connectivity index (χ4v) is 2.75. The second-order valence-corrected chi connectivity index (χ2v) is 4.69.